The molecule has 0 radical (unpaired) electrons. The van der Waals surface area contributed by atoms with Crippen LogP contribution in [0.5, 0.6) is 0 Å². The van der Waals surface area contributed by atoms with Crippen molar-refractivity contribution in [2.45, 2.75) is 13.8 Å². The Bertz CT molecular complexity index is 602. The maximum Gasteiger partial charge on any atom is 0.337 e. The van der Waals surface area contributed by atoms with Gasteiger partial charge in [0.15, 0.2) is 0 Å². The van der Waals surface area contributed by atoms with Crippen molar-refractivity contribution in [3.63, 3.8) is 0 Å². The second-order valence-corrected chi connectivity index (χ2v) is 4.27. The summed E-state index contributed by atoms with van der Waals surface area (Å²) >= 11 is 0. The van der Waals surface area contributed by atoms with E-state index in [0.717, 1.165) is 17.1 Å². The van der Waals surface area contributed by atoms with E-state index in [1.807, 2.05) is 33.0 Å². The smallest absolute Gasteiger partial charge is 0.337 e. The molecule has 1 aromatic carbocycles. The van der Waals surface area contributed by atoms with E-state index in [-0.39, 0.29) is 5.56 Å². The highest BCUT2D eigenvalue weighted by Gasteiger charge is 2.11. The van der Waals surface area contributed by atoms with Gasteiger partial charge in [-0.1, -0.05) is 6.07 Å². The van der Waals surface area contributed by atoms with Gasteiger partial charge < -0.3 is 10.4 Å². The number of benzene rings is 1. The molecule has 0 aliphatic carbocycles. The fourth-order valence-corrected chi connectivity index (χ4v) is 1.81. The third kappa shape index (κ3) is 2.34. The number of hydrogen-bond donors (Lipinski definition) is 2. The van der Waals surface area contributed by atoms with Crippen LogP contribution in [0.4, 0.5) is 11.5 Å². The Balaban J connectivity index is 2.42. The normalized spacial score (nSPS) is 10.4. The highest BCUT2D eigenvalue weighted by molar-refractivity contribution is 5.95. The van der Waals surface area contributed by atoms with E-state index in [4.69, 9.17) is 5.11 Å². The van der Waals surface area contributed by atoms with Gasteiger partial charge in [0.25, 0.3) is 0 Å². The Hall–Kier alpha value is -2.30. The zero-order chi connectivity index (χ0) is 13.3. The molecular formula is C13H15N3O2. The van der Waals surface area contributed by atoms with E-state index in [2.05, 4.69) is 10.4 Å². The maximum atomic E-state index is 11.2. The molecule has 2 rings (SSSR count). The number of hydrogen-bond acceptors (Lipinski definition) is 3. The maximum absolute atomic E-state index is 11.2. The molecule has 5 heteroatoms. The zero-order valence-electron chi connectivity index (χ0n) is 10.6. The Morgan fingerprint density at radius 1 is 1.33 bits per heavy atom. The standard InChI is InChI=1S/C13H15N3O2/c1-8-4-5-10(13(17)18)11(6-8)14-12-7-9(2)15-16(12)3/h4-7,14H,1-3H3,(H,17,18). The molecule has 0 saturated carbocycles. The zero-order valence-corrected chi connectivity index (χ0v) is 10.6. The summed E-state index contributed by atoms with van der Waals surface area (Å²) in [6, 6.07) is 7.06. The van der Waals surface area contributed by atoms with Crippen molar-refractivity contribution in [3.05, 3.63) is 41.1 Å². The van der Waals surface area contributed by atoms with E-state index in [9.17, 15) is 4.79 Å². The summed E-state index contributed by atoms with van der Waals surface area (Å²) in [6.07, 6.45) is 0. The fourth-order valence-electron chi connectivity index (χ4n) is 1.81. The Kier molecular flexibility index (Phi) is 3.06. The molecule has 0 aliphatic heterocycles. The summed E-state index contributed by atoms with van der Waals surface area (Å²) in [7, 11) is 1.81. The van der Waals surface area contributed by atoms with Crippen LogP contribution in [0.15, 0.2) is 24.3 Å². The lowest BCUT2D eigenvalue weighted by Crippen LogP contribution is -2.05. The van der Waals surface area contributed by atoms with Gasteiger partial charge in [0.2, 0.25) is 0 Å². The monoisotopic (exact) mass is 245 g/mol. The molecule has 94 valence electrons. The van der Waals surface area contributed by atoms with E-state index < -0.39 is 5.97 Å². The first kappa shape index (κ1) is 12.2. The highest BCUT2D eigenvalue weighted by atomic mass is 16.4. The fraction of sp³-hybridized carbons (Fsp3) is 0.231. The third-order valence-corrected chi connectivity index (χ3v) is 2.67. The first-order valence-electron chi connectivity index (χ1n) is 5.59. The van der Waals surface area contributed by atoms with Crippen molar-refractivity contribution in [3.8, 4) is 0 Å². The predicted octanol–water partition coefficient (Wildman–Crippen LogP) is 2.48. The quantitative estimate of drug-likeness (QED) is 0.871. The molecule has 2 N–H and O–H groups in total. The number of rotatable bonds is 3. The molecule has 18 heavy (non-hydrogen) atoms. The molecule has 0 unspecified atom stereocenters. The van der Waals surface area contributed by atoms with Gasteiger partial charge in [-0.05, 0) is 31.5 Å². The van der Waals surface area contributed by atoms with Crippen LogP contribution < -0.4 is 5.32 Å². The van der Waals surface area contributed by atoms with Crippen LogP contribution in [-0.2, 0) is 7.05 Å². The van der Waals surface area contributed by atoms with Gasteiger partial charge in [0.05, 0.1) is 16.9 Å². The molecule has 0 amide bonds. The average molecular weight is 245 g/mol. The summed E-state index contributed by atoms with van der Waals surface area (Å²) in [6.45, 7) is 3.81. The molecule has 0 bridgehead atoms. The van der Waals surface area contributed by atoms with Crippen molar-refractivity contribution in [2.75, 3.05) is 5.32 Å². The molecule has 2 aromatic rings. The van der Waals surface area contributed by atoms with E-state index in [0.29, 0.717) is 5.69 Å². The van der Waals surface area contributed by atoms with Crippen LogP contribution in [0.3, 0.4) is 0 Å². The van der Waals surface area contributed by atoms with Crippen LogP contribution in [0.2, 0.25) is 0 Å². The summed E-state index contributed by atoms with van der Waals surface area (Å²) in [5, 5.41) is 16.5. The summed E-state index contributed by atoms with van der Waals surface area (Å²) < 4.78 is 1.68. The number of aryl methyl sites for hydroxylation is 3. The largest absolute Gasteiger partial charge is 0.478 e. The average Bonchev–Trinajstić information content (AvgIpc) is 2.57. The summed E-state index contributed by atoms with van der Waals surface area (Å²) in [5.74, 6) is -0.183. The summed E-state index contributed by atoms with van der Waals surface area (Å²) in [5.41, 5.74) is 2.70. The first-order chi connectivity index (χ1) is 8.47. The highest BCUT2D eigenvalue weighted by Crippen LogP contribution is 2.22. The van der Waals surface area contributed by atoms with Gasteiger partial charge >= 0.3 is 5.97 Å². The Morgan fingerprint density at radius 3 is 2.61 bits per heavy atom. The van der Waals surface area contributed by atoms with Crippen molar-refractivity contribution in [2.24, 2.45) is 7.05 Å². The SMILES string of the molecule is Cc1ccc(C(=O)O)c(Nc2cc(C)nn2C)c1. The van der Waals surface area contributed by atoms with Crippen molar-refractivity contribution >= 4 is 17.5 Å². The van der Waals surface area contributed by atoms with Gasteiger partial charge in [0, 0.05) is 13.1 Å². The molecule has 1 heterocycles. The topological polar surface area (TPSA) is 67.2 Å². The minimum Gasteiger partial charge on any atom is -0.478 e. The van der Waals surface area contributed by atoms with Crippen LogP contribution >= 0.6 is 0 Å². The molecular weight excluding hydrogens is 230 g/mol. The second kappa shape index (κ2) is 4.52. The number of nitrogens with zero attached hydrogens (tertiary/aromatic N) is 2. The molecule has 0 spiro atoms. The first-order valence-corrected chi connectivity index (χ1v) is 5.59. The van der Waals surface area contributed by atoms with E-state index in [1.54, 1.807) is 16.8 Å². The number of carboxylic acid groups (broad SMARTS) is 1. The number of nitrogens with one attached hydrogen (secondary N) is 1. The minimum atomic E-state index is -0.948. The van der Waals surface area contributed by atoms with Gasteiger partial charge in [-0.15, -0.1) is 0 Å². The molecule has 1 aromatic heterocycles. The number of aromatic nitrogens is 2. The number of anilines is 2. The third-order valence-electron chi connectivity index (χ3n) is 2.67. The van der Waals surface area contributed by atoms with E-state index in [1.165, 1.54) is 0 Å². The Labute approximate surface area is 105 Å². The Morgan fingerprint density at radius 2 is 2.06 bits per heavy atom. The van der Waals surface area contributed by atoms with Gasteiger partial charge in [-0.25, -0.2) is 4.79 Å². The lowest BCUT2D eigenvalue weighted by Gasteiger charge is -2.10. The van der Waals surface area contributed by atoms with Crippen LogP contribution in [0.25, 0.3) is 0 Å². The van der Waals surface area contributed by atoms with Crippen molar-refractivity contribution < 1.29 is 9.90 Å². The molecule has 0 fully saturated rings. The van der Waals surface area contributed by atoms with Crippen molar-refractivity contribution in [1.82, 2.24) is 9.78 Å². The number of carboxylic acids is 1. The van der Waals surface area contributed by atoms with E-state index >= 15 is 0 Å². The molecule has 0 saturated heterocycles. The second-order valence-electron chi connectivity index (χ2n) is 4.27. The number of aromatic carboxylic acids is 1. The number of carbonyl (C=O) groups is 1. The van der Waals surface area contributed by atoms with Crippen LogP contribution in [0, 0.1) is 13.8 Å². The predicted molar refractivity (Wildman–Crippen MR) is 69.4 cm³/mol. The summed E-state index contributed by atoms with van der Waals surface area (Å²) in [4.78, 5) is 11.2. The molecule has 0 atom stereocenters. The van der Waals surface area contributed by atoms with Crippen molar-refractivity contribution in [1.29, 1.82) is 0 Å². The minimum absolute atomic E-state index is 0.249. The lowest BCUT2D eigenvalue weighted by atomic mass is 10.1. The van der Waals surface area contributed by atoms with Crippen LogP contribution in [0.1, 0.15) is 21.6 Å². The van der Waals surface area contributed by atoms with Crippen LogP contribution in [-0.4, -0.2) is 20.9 Å². The van der Waals surface area contributed by atoms with Gasteiger partial charge in [-0.3, -0.25) is 4.68 Å². The van der Waals surface area contributed by atoms with Gasteiger partial charge in [-0.2, -0.15) is 5.10 Å². The lowest BCUT2D eigenvalue weighted by molar-refractivity contribution is 0.0698. The van der Waals surface area contributed by atoms with Gasteiger partial charge in [0.1, 0.15) is 5.82 Å². The molecule has 0 aliphatic rings. The molecule has 5 nitrogen and oxygen atoms in total.